The predicted molar refractivity (Wildman–Crippen MR) is 50.5 cm³/mol. The third-order valence-corrected chi connectivity index (χ3v) is 2.77. The molecule has 0 aliphatic carbocycles. The molecule has 1 fully saturated rings. The van der Waals surface area contributed by atoms with Crippen LogP contribution in [0.4, 0.5) is 13.2 Å². The van der Waals surface area contributed by atoms with E-state index in [0.29, 0.717) is 19.5 Å². The molecular weight excluding hydrogens is 209 g/mol. The molecule has 0 aromatic heterocycles. The van der Waals surface area contributed by atoms with Gasteiger partial charge in [-0.2, -0.15) is 13.2 Å². The van der Waals surface area contributed by atoms with Crippen molar-refractivity contribution in [1.29, 1.82) is 0 Å². The average molecular weight is 226 g/mol. The van der Waals surface area contributed by atoms with Crippen molar-refractivity contribution in [3.8, 4) is 0 Å². The molecule has 15 heavy (non-hydrogen) atoms. The number of nitrogens with zero attached hydrogens (tertiary/aromatic N) is 1. The second-order valence-corrected chi connectivity index (χ2v) is 3.78. The summed E-state index contributed by atoms with van der Waals surface area (Å²) in [6.45, 7) is 0.835. The van der Waals surface area contributed by atoms with Gasteiger partial charge < -0.3 is 10.5 Å². The minimum atomic E-state index is -4.19. The standard InChI is InChI=1S/C9H17F3N2O/c1-15-7-3-5-14(6-7)8(2-4-13)9(10,11)12/h7-8H,2-6,13H2,1H3. The van der Waals surface area contributed by atoms with Gasteiger partial charge in [-0.25, -0.2) is 0 Å². The van der Waals surface area contributed by atoms with Crippen molar-refractivity contribution in [3.05, 3.63) is 0 Å². The van der Waals surface area contributed by atoms with Gasteiger partial charge in [-0.05, 0) is 19.4 Å². The lowest BCUT2D eigenvalue weighted by Gasteiger charge is -2.29. The molecule has 6 heteroatoms. The van der Waals surface area contributed by atoms with E-state index < -0.39 is 12.2 Å². The lowest BCUT2D eigenvalue weighted by atomic mass is 10.2. The fourth-order valence-corrected chi connectivity index (χ4v) is 1.94. The van der Waals surface area contributed by atoms with Crippen LogP contribution in [-0.2, 0) is 4.74 Å². The largest absolute Gasteiger partial charge is 0.404 e. The van der Waals surface area contributed by atoms with E-state index in [2.05, 4.69) is 0 Å². The minimum absolute atomic E-state index is 0.0417. The lowest BCUT2D eigenvalue weighted by molar-refractivity contribution is -0.183. The molecule has 2 unspecified atom stereocenters. The summed E-state index contributed by atoms with van der Waals surface area (Å²) in [6, 6.07) is -1.41. The number of halogens is 3. The van der Waals surface area contributed by atoms with E-state index in [0.717, 1.165) is 0 Å². The summed E-state index contributed by atoms with van der Waals surface area (Å²) in [6.07, 6.45) is -3.65. The van der Waals surface area contributed by atoms with E-state index in [1.54, 1.807) is 0 Å². The maximum atomic E-state index is 12.7. The van der Waals surface area contributed by atoms with Gasteiger partial charge in [0.15, 0.2) is 0 Å². The minimum Gasteiger partial charge on any atom is -0.380 e. The van der Waals surface area contributed by atoms with Gasteiger partial charge in [0, 0.05) is 20.2 Å². The van der Waals surface area contributed by atoms with Gasteiger partial charge in [0.25, 0.3) is 0 Å². The second-order valence-electron chi connectivity index (χ2n) is 3.78. The van der Waals surface area contributed by atoms with Crippen molar-refractivity contribution in [2.75, 3.05) is 26.7 Å². The van der Waals surface area contributed by atoms with E-state index in [1.807, 2.05) is 0 Å². The average Bonchev–Trinajstić information content (AvgIpc) is 2.60. The fraction of sp³-hybridized carbons (Fsp3) is 1.00. The molecule has 1 aliphatic heterocycles. The summed E-state index contributed by atoms with van der Waals surface area (Å²) >= 11 is 0. The van der Waals surface area contributed by atoms with Gasteiger partial charge in [-0.3, -0.25) is 4.90 Å². The van der Waals surface area contributed by atoms with Crippen molar-refractivity contribution >= 4 is 0 Å². The zero-order valence-corrected chi connectivity index (χ0v) is 8.76. The smallest absolute Gasteiger partial charge is 0.380 e. The molecule has 0 bridgehead atoms. The molecule has 0 aromatic rings. The highest BCUT2D eigenvalue weighted by atomic mass is 19.4. The highest BCUT2D eigenvalue weighted by Gasteiger charge is 2.44. The van der Waals surface area contributed by atoms with Gasteiger partial charge >= 0.3 is 6.18 Å². The molecule has 0 aromatic carbocycles. The molecule has 0 spiro atoms. The zero-order valence-electron chi connectivity index (χ0n) is 8.76. The van der Waals surface area contributed by atoms with Crippen LogP contribution in [0.15, 0.2) is 0 Å². The molecule has 0 saturated carbocycles. The molecule has 2 atom stereocenters. The zero-order chi connectivity index (χ0) is 11.5. The number of rotatable bonds is 4. The lowest BCUT2D eigenvalue weighted by Crippen LogP contribution is -2.46. The number of likely N-dealkylation sites (tertiary alicyclic amines) is 1. The molecule has 1 rings (SSSR count). The summed E-state index contributed by atoms with van der Waals surface area (Å²) < 4.78 is 43.0. The molecule has 1 saturated heterocycles. The Morgan fingerprint density at radius 2 is 2.20 bits per heavy atom. The highest BCUT2D eigenvalue weighted by Crippen LogP contribution is 2.29. The Bertz CT molecular complexity index is 198. The molecule has 0 amide bonds. The van der Waals surface area contributed by atoms with Crippen molar-refractivity contribution < 1.29 is 17.9 Å². The number of nitrogens with two attached hydrogens (primary N) is 1. The molecular formula is C9H17F3N2O. The molecule has 3 nitrogen and oxygen atoms in total. The number of methoxy groups -OCH3 is 1. The third-order valence-electron chi connectivity index (χ3n) is 2.77. The van der Waals surface area contributed by atoms with Gasteiger partial charge in [0.05, 0.1) is 6.10 Å². The maximum Gasteiger partial charge on any atom is 0.404 e. The second kappa shape index (κ2) is 5.14. The van der Waals surface area contributed by atoms with Gasteiger partial charge in [0.1, 0.15) is 6.04 Å². The van der Waals surface area contributed by atoms with Crippen LogP contribution in [0.2, 0.25) is 0 Å². The predicted octanol–water partition coefficient (Wildman–Crippen LogP) is 0.987. The van der Waals surface area contributed by atoms with E-state index in [9.17, 15) is 13.2 Å². The van der Waals surface area contributed by atoms with Crippen LogP contribution in [0.3, 0.4) is 0 Å². The SMILES string of the molecule is COC1CCN(C(CCN)C(F)(F)F)C1. The molecule has 0 radical (unpaired) electrons. The molecule has 1 heterocycles. The topological polar surface area (TPSA) is 38.5 Å². The maximum absolute atomic E-state index is 12.7. The number of hydrogen-bond donors (Lipinski definition) is 1. The van der Waals surface area contributed by atoms with Gasteiger partial charge in [-0.1, -0.05) is 0 Å². The first-order chi connectivity index (χ1) is 6.99. The molecule has 2 N–H and O–H groups in total. The van der Waals surface area contributed by atoms with Gasteiger partial charge in [-0.15, -0.1) is 0 Å². The summed E-state index contributed by atoms with van der Waals surface area (Å²) in [5.41, 5.74) is 5.20. The van der Waals surface area contributed by atoms with Crippen LogP contribution in [0.5, 0.6) is 0 Å². The highest BCUT2D eigenvalue weighted by molar-refractivity contribution is 4.86. The quantitative estimate of drug-likeness (QED) is 0.776. The van der Waals surface area contributed by atoms with Crippen LogP contribution in [-0.4, -0.2) is 50.0 Å². The monoisotopic (exact) mass is 226 g/mol. The summed E-state index contributed by atoms with van der Waals surface area (Å²) in [5, 5.41) is 0. The Morgan fingerprint density at radius 3 is 2.60 bits per heavy atom. The van der Waals surface area contributed by atoms with Crippen molar-refractivity contribution in [2.24, 2.45) is 5.73 Å². The first-order valence-corrected chi connectivity index (χ1v) is 5.02. The van der Waals surface area contributed by atoms with Crippen LogP contribution in [0.1, 0.15) is 12.8 Å². The molecule has 1 aliphatic rings. The van der Waals surface area contributed by atoms with Crippen LogP contribution < -0.4 is 5.73 Å². The number of hydrogen-bond acceptors (Lipinski definition) is 3. The summed E-state index contributed by atoms with van der Waals surface area (Å²) in [7, 11) is 1.53. The third kappa shape index (κ3) is 3.32. The Morgan fingerprint density at radius 1 is 1.53 bits per heavy atom. The fourth-order valence-electron chi connectivity index (χ4n) is 1.94. The Kier molecular flexibility index (Phi) is 4.36. The van der Waals surface area contributed by atoms with E-state index in [4.69, 9.17) is 10.5 Å². The Hall–Kier alpha value is -0.330. The van der Waals surface area contributed by atoms with Gasteiger partial charge in [0.2, 0.25) is 0 Å². The number of alkyl halides is 3. The van der Waals surface area contributed by atoms with Crippen molar-refractivity contribution in [3.63, 3.8) is 0 Å². The van der Waals surface area contributed by atoms with Crippen LogP contribution >= 0.6 is 0 Å². The first kappa shape index (κ1) is 12.7. The normalized spacial score (nSPS) is 25.8. The van der Waals surface area contributed by atoms with Crippen molar-refractivity contribution in [1.82, 2.24) is 4.90 Å². The first-order valence-electron chi connectivity index (χ1n) is 5.02. The number of ether oxygens (including phenoxy) is 1. The summed E-state index contributed by atoms with van der Waals surface area (Å²) in [5.74, 6) is 0. The van der Waals surface area contributed by atoms with Crippen LogP contribution in [0.25, 0.3) is 0 Å². The Balaban J connectivity index is 2.57. The summed E-state index contributed by atoms with van der Waals surface area (Å²) in [4.78, 5) is 1.42. The van der Waals surface area contributed by atoms with Crippen LogP contribution in [0, 0.1) is 0 Å². The van der Waals surface area contributed by atoms with E-state index in [-0.39, 0.29) is 19.1 Å². The Labute approximate surface area is 87.4 Å². The van der Waals surface area contributed by atoms with Crippen molar-refractivity contribution in [2.45, 2.75) is 31.2 Å². The molecule has 90 valence electrons. The van der Waals surface area contributed by atoms with E-state index >= 15 is 0 Å². The van der Waals surface area contributed by atoms with E-state index in [1.165, 1.54) is 12.0 Å².